The lowest BCUT2D eigenvalue weighted by molar-refractivity contribution is -0.136. The van der Waals surface area contributed by atoms with Crippen molar-refractivity contribution in [1.29, 1.82) is 0 Å². The molecule has 3 aliphatic rings. The van der Waals surface area contributed by atoms with E-state index in [0.717, 1.165) is 18.5 Å². The van der Waals surface area contributed by atoms with Gasteiger partial charge >= 0.3 is 0 Å². The third-order valence-corrected chi connectivity index (χ3v) is 7.52. The molecular formula is C28H33FN6O4. The van der Waals surface area contributed by atoms with Crippen molar-refractivity contribution in [1.82, 2.24) is 25.4 Å². The van der Waals surface area contributed by atoms with Gasteiger partial charge < -0.3 is 15.5 Å². The summed E-state index contributed by atoms with van der Waals surface area (Å²) in [5, 5.41) is 8.66. The van der Waals surface area contributed by atoms with Crippen molar-refractivity contribution in [3.05, 3.63) is 58.7 Å². The number of halogens is 1. The fraction of sp³-hybridized carbons (Fsp3) is 0.464. The third kappa shape index (κ3) is 5.78. The second-order valence-electron chi connectivity index (χ2n) is 10.7. The van der Waals surface area contributed by atoms with Gasteiger partial charge in [-0.1, -0.05) is 0 Å². The highest BCUT2D eigenvalue weighted by atomic mass is 19.1. The molecule has 2 fully saturated rings. The van der Waals surface area contributed by atoms with E-state index in [2.05, 4.69) is 25.8 Å². The fourth-order valence-corrected chi connectivity index (χ4v) is 5.51. The zero-order valence-corrected chi connectivity index (χ0v) is 22.1. The number of amides is 4. The Balaban J connectivity index is 1.18. The van der Waals surface area contributed by atoms with Gasteiger partial charge in [0.25, 0.3) is 11.8 Å². The summed E-state index contributed by atoms with van der Waals surface area (Å²) < 4.78 is 15.0. The highest BCUT2D eigenvalue weighted by Gasteiger charge is 2.39. The van der Waals surface area contributed by atoms with E-state index >= 15 is 4.39 Å². The Morgan fingerprint density at radius 1 is 1.18 bits per heavy atom. The van der Waals surface area contributed by atoms with E-state index < -0.39 is 17.8 Å². The largest absolute Gasteiger partial charge is 0.382 e. The number of nitrogens with zero attached hydrogens (tertiary/aromatic N) is 3. The first kappa shape index (κ1) is 26.7. The van der Waals surface area contributed by atoms with Crippen molar-refractivity contribution in [2.24, 2.45) is 0 Å². The SMILES string of the molecule is CC(C)Nc1ccncc1C(=O)NC1CCN(Cc2cc3c(cc2F)C(=O)N(C2CCC(=O)NC2=O)C3)CC1. The second kappa shape index (κ2) is 11.1. The lowest BCUT2D eigenvalue weighted by Crippen LogP contribution is -2.52. The molecule has 0 radical (unpaired) electrons. The minimum atomic E-state index is -0.729. The maximum atomic E-state index is 15.0. The molecule has 3 N–H and O–H groups in total. The van der Waals surface area contributed by atoms with Gasteiger partial charge in [-0.15, -0.1) is 0 Å². The quantitative estimate of drug-likeness (QED) is 0.464. The van der Waals surface area contributed by atoms with Crippen LogP contribution in [-0.4, -0.2) is 69.6 Å². The summed E-state index contributed by atoms with van der Waals surface area (Å²) in [6, 6.07) is 4.23. The smallest absolute Gasteiger partial charge is 0.255 e. The first-order valence-corrected chi connectivity index (χ1v) is 13.4. The molecule has 2 aromatic rings. The molecule has 4 heterocycles. The van der Waals surface area contributed by atoms with E-state index in [1.807, 2.05) is 13.8 Å². The van der Waals surface area contributed by atoms with Gasteiger partial charge in [0.05, 0.1) is 11.3 Å². The van der Waals surface area contributed by atoms with Gasteiger partial charge in [-0.25, -0.2) is 4.39 Å². The molecule has 1 aromatic heterocycles. The lowest BCUT2D eigenvalue weighted by Gasteiger charge is -2.32. The summed E-state index contributed by atoms with van der Waals surface area (Å²) in [5.41, 5.74) is 2.70. The molecule has 0 saturated carbocycles. The molecular weight excluding hydrogens is 503 g/mol. The van der Waals surface area contributed by atoms with E-state index in [-0.39, 0.29) is 54.8 Å². The Kier molecular flexibility index (Phi) is 7.60. The number of likely N-dealkylation sites (tertiary alicyclic amines) is 1. The molecule has 0 aliphatic carbocycles. The van der Waals surface area contributed by atoms with E-state index in [4.69, 9.17) is 0 Å². The molecule has 206 valence electrons. The molecule has 11 heteroatoms. The van der Waals surface area contributed by atoms with Crippen molar-refractivity contribution in [3.8, 4) is 0 Å². The standard InChI is InChI=1S/C28H33FN6O4/c1-16(2)31-23-5-8-30-13-21(23)26(37)32-19-6-9-34(10-7-19)14-18-11-17-15-35(28(39)20(17)12-22(18)29)24-3-4-25(36)33-27(24)38/h5,8,11-13,16,19,24H,3-4,6-7,9-10,14-15H2,1-2H3,(H,30,31)(H,32,37)(H,33,36,38). The van der Waals surface area contributed by atoms with Gasteiger partial charge in [-0.2, -0.15) is 0 Å². The number of hydrogen-bond donors (Lipinski definition) is 3. The van der Waals surface area contributed by atoms with E-state index in [9.17, 15) is 19.2 Å². The molecule has 39 heavy (non-hydrogen) atoms. The van der Waals surface area contributed by atoms with Crippen molar-refractivity contribution in [2.75, 3.05) is 18.4 Å². The number of imide groups is 1. The van der Waals surface area contributed by atoms with Crippen LogP contribution < -0.4 is 16.0 Å². The van der Waals surface area contributed by atoms with Crippen molar-refractivity contribution >= 4 is 29.3 Å². The van der Waals surface area contributed by atoms with Gasteiger partial charge in [0.15, 0.2) is 0 Å². The Morgan fingerprint density at radius 2 is 1.95 bits per heavy atom. The number of pyridine rings is 1. The Bertz CT molecular complexity index is 1310. The maximum absolute atomic E-state index is 15.0. The lowest BCUT2D eigenvalue weighted by atomic mass is 10.0. The number of aromatic nitrogens is 1. The molecule has 2 saturated heterocycles. The average molecular weight is 537 g/mol. The first-order chi connectivity index (χ1) is 18.7. The number of nitrogens with one attached hydrogen (secondary N) is 3. The minimum Gasteiger partial charge on any atom is -0.382 e. The molecule has 1 unspecified atom stereocenters. The van der Waals surface area contributed by atoms with Gasteiger partial charge in [-0.05, 0) is 56.9 Å². The summed E-state index contributed by atoms with van der Waals surface area (Å²) in [5.74, 6) is -1.84. The van der Waals surface area contributed by atoms with E-state index in [1.165, 1.54) is 11.0 Å². The third-order valence-electron chi connectivity index (χ3n) is 7.52. The highest BCUT2D eigenvalue weighted by molar-refractivity contribution is 6.05. The van der Waals surface area contributed by atoms with Crippen LogP contribution in [0.25, 0.3) is 0 Å². The number of piperidine rings is 2. The summed E-state index contributed by atoms with van der Waals surface area (Å²) >= 11 is 0. The van der Waals surface area contributed by atoms with Crippen molar-refractivity contribution in [2.45, 2.75) is 70.7 Å². The van der Waals surface area contributed by atoms with E-state index in [0.29, 0.717) is 36.3 Å². The summed E-state index contributed by atoms with van der Waals surface area (Å²) in [6.45, 7) is 5.99. The zero-order chi connectivity index (χ0) is 27.7. The number of fused-ring (bicyclic) bond motifs is 1. The molecule has 0 spiro atoms. The second-order valence-corrected chi connectivity index (χ2v) is 10.7. The van der Waals surface area contributed by atoms with Gasteiger partial charge in [0.2, 0.25) is 11.8 Å². The van der Waals surface area contributed by atoms with Crippen LogP contribution in [0.5, 0.6) is 0 Å². The van der Waals surface area contributed by atoms with Crippen LogP contribution in [0.4, 0.5) is 10.1 Å². The number of anilines is 1. The monoisotopic (exact) mass is 536 g/mol. The zero-order valence-electron chi connectivity index (χ0n) is 22.1. The van der Waals surface area contributed by atoms with Crippen LogP contribution in [0, 0.1) is 5.82 Å². The molecule has 1 atom stereocenters. The van der Waals surface area contributed by atoms with Crippen LogP contribution in [0.3, 0.4) is 0 Å². The van der Waals surface area contributed by atoms with Crippen molar-refractivity contribution < 1.29 is 23.6 Å². The fourth-order valence-electron chi connectivity index (χ4n) is 5.51. The Hall–Kier alpha value is -3.86. The van der Waals surface area contributed by atoms with Gasteiger partial charge in [0.1, 0.15) is 11.9 Å². The molecule has 5 rings (SSSR count). The number of carbonyl (C=O) groups is 4. The number of carbonyl (C=O) groups excluding carboxylic acids is 4. The maximum Gasteiger partial charge on any atom is 0.255 e. The summed E-state index contributed by atoms with van der Waals surface area (Å²) in [4.78, 5) is 57.3. The van der Waals surface area contributed by atoms with Crippen LogP contribution in [0.15, 0.2) is 30.6 Å². The van der Waals surface area contributed by atoms with Crippen molar-refractivity contribution in [3.63, 3.8) is 0 Å². The van der Waals surface area contributed by atoms with E-state index in [1.54, 1.807) is 24.5 Å². The average Bonchev–Trinajstić information content (AvgIpc) is 3.20. The minimum absolute atomic E-state index is 0.00502. The molecule has 10 nitrogen and oxygen atoms in total. The van der Waals surface area contributed by atoms with Gasteiger partial charge in [-0.3, -0.25) is 34.4 Å². The number of hydrogen-bond acceptors (Lipinski definition) is 7. The number of rotatable bonds is 7. The predicted molar refractivity (Wildman–Crippen MR) is 141 cm³/mol. The highest BCUT2D eigenvalue weighted by Crippen LogP contribution is 2.30. The molecule has 3 aliphatic heterocycles. The topological polar surface area (TPSA) is 124 Å². The Labute approximate surface area is 226 Å². The van der Waals surface area contributed by atoms with Crippen LogP contribution in [0.2, 0.25) is 0 Å². The van der Waals surface area contributed by atoms with Crippen LogP contribution in [0.1, 0.15) is 71.4 Å². The summed E-state index contributed by atoms with van der Waals surface area (Å²) in [6.07, 6.45) is 5.12. The predicted octanol–water partition coefficient (Wildman–Crippen LogP) is 2.20. The first-order valence-electron chi connectivity index (χ1n) is 13.4. The number of benzene rings is 1. The molecule has 4 amide bonds. The van der Waals surface area contributed by atoms with Crippen LogP contribution in [-0.2, 0) is 22.7 Å². The normalized spacial score (nSPS) is 20.3. The molecule has 0 bridgehead atoms. The Morgan fingerprint density at radius 3 is 2.67 bits per heavy atom. The summed E-state index contributed by atoms with van der Waals surface area (Å²) in [7, 11) is 0. The molecule has 1 aromatic carbocycles. The van der Waals surface area contributed by atoms with Gasteiger partial charge in [0, 0.05) is 68.2 Å². The van der Waals surface area contributed by atoms with Crippen LogP contribution >= 0.6 is 0 Å².